The number of halogens is 2. The first-order chi connectivity index (χ1) is 8.38. The Morgan fingerprint density at radius 2 is 1.52 bits per heavy atom. The molecule has 1 N–H and O–H groups in total. The smallest absolute Gasteiger partial charge is 0.123 e. The van der Waals surface area contributed by atoms with Crippen molar-refractivity contribution in [1.82, 2.24) is 0 Å². The fourth-order valence-electron chi connectivity index (χ4n) is 2.04. The largest absolute Gasteiger partial charge is 0.507 e. The van der Waals surface area contributed by atoms with Crippen LogP contribution in [0.3, 0.4) is 0 Å². The standard InChI is InChI=1S/C16H20OSi.2ClH.Ti/c1-12-8-9-15(16(17)10-12)13-6-5-7-14(11-13)18(2,3)4;;;/h5-11,17H,1-4H3;2*1H;. The van der Waals surface area contributed by atoms with Gasteiger partial charge in [0.1, 0.15) is 5.75 Å². The molecule has 0 bridgehead atoms. The summed E-state index contributed by atoms with van der Waals surface area (Å²) in [4.78, 5) is 0. The van der Waals surface area contributed by atoms with Crippen LogP contribution in [0.25, 0.3) is 11.1 Å². The van der Waals surface area contributed by atoms with Gasteiger partial charge in [-0.05, 0) is 24.1 Å². The Bertz CT molecular complexity index is 583. The van der Waals surface area contributed by atoms with Crippen molar-refractivity contribution in [1.29, 1.82) is 0 Å². The molecule has 1 nitrogen and oxygen atoms in total. The number of benzene rings is 2. The maximum Gasteiger partial charge on any atom is 0.123 e. The predicted molar refractivity (Wildman–Crippen MR) is 95.8 cm³/mol. The minimum Gasteiger partial charge on any atom is -0.507 e. The summed E-state index contributed by atoms with van der Waals surface area (Å²) < 4.78 is 0. The molecule has 2 rings (SSSR count). The molecule has 0 radical (unpaired) electrons. The van der Waals surface area contributed by atoms with E-state index in [0.29, 0.717) is 5.75 Å². The summed E-state index contributed by atoms with van der Waals surface area (Å²) in [6.45, 7) is 8.99. The van der Waals surface area contributed by atoms with Gasteiger partial charge in [-0.3, -0.25) is 0 Å². The zero-order chi connectivity index (χ0) is 13.3. The number of aryl methyl sites for hydroxylation is 1. The van der Waals surface area contributed by atoms with Crippen molar-refractivity contribution in [2.45, 2.75) is 26.6 Å². The molecule has 0 aliphatic carbocycles. The summed E-state index contributed by atoms with van der Waals surface area (Å²) in [5.74, 6) is 0.364. The number of hydrogen-bond acceptors (Lipinski definition) is 1. The molecule has 0 atom stereocenters. The van der Waals surface area contributed by atoms with Gasteiger partial charge in [0.15, 0.2) is 0 Å². The number of hydrogen-bond donors (Lipinski definition) is 1. The third-order valence-corrected chi connectivity index (χ3v) is 5.24. The summed E-state index contributed by atoms with van der Waals surface area (Å²) in [6, 6.07) is 14.4. The van der Waals surface area contributed by atoms with Crippen LogP contribution >= 0.6 is 24.8 Å². The van der Waals surface area contributed by atoms with Crippen molar-refractivity contribution in [3.63, 3.8) is 0 Å². The molecular formula is C16H22Cl2OSiTi. The molecule has 21 heavy (non-hydrogen) atoms. The second-order valence-electron chi connectivity index (χ2n) is 5.85. The van der Waals surface area contributed by atoms with Crippen LogP contribution in [-0.2, 0) is 21.7 Å². The molecule has 0 heterocycles. The zero-order valence-electron chi connectivity index (χ0n) is 12.8. The van der Waals surface area contributed by atoms with E-state index in [1.807, 2.05) is 25.1 Å². The SMILES string of the molecule is Cc1ccc(-c2cccc([Si](C)(C)C)c2)c(O)c1.Cl.Cl.[Ti]. The first kappa shape index (κ1) is 23.0. The van der Waals surface area contributed by atoms with Gasteiger partial charge in [-0.2, -0.15) is 0 Å². The van der Waals surface area contributed by atoms with E-state index in [-0.39, 0.29) is 46.5 Å². The van der Waals surface area contributed by atoms with Gasteiger partial charge in [-0.1, -0.05) is 61.2 Å². The Morgan fingerprint density at radius 1 is 0.905 bits per heavy atom. The molecule has 0 aliphatic heterocycles. The molecule has 114 valence electrons. The molecule has 0 amide bonds. The summed E-state index contributed by atoms with van der Waals surface area (Å²) in [6.07, 6.45) is 0. The van der Waals surface area contributed by atoms with E-state index in [1.54, 1.807) is 0 Å². The van der Waals surface area contributed by atoms with Crippen LogP contribution in [0.15, 0.2) is 42.5 Å². The van der Waals surface area contributed by atoms with Gasteiger partial charge in [-0.25, -0.2) is 0 Å². The van der Waals surface area contributed by atoms with Crippen molar-refractivity contribution in [2.75, 3.05) is 0 Å². The van der Waals surface area contributed by atoms with E-state index in [2.05, 4.69) is 43.9 Å². The van der Waals surface area contributed by atoms with Gasteiger partial charge >= 0.3 is 0 Å². The topological polar surface area (TPSA) is 20.2 Å². The molecule has 5 heteroatoms. The maximum atomic E-state index is 10.0. The number of phenolic OH excluding ortho intramolecular Hbond substituents is 1. The Hall–Kier alpha value is -0.249. The van der Waals surface area contributed by atoms with Crippen molar-refractivity contribution in [2.24, 2.45) is 0 Å². The Morgan fingerprint density at radius 3 is 2.05 bits per heavy atom. The third kappa shape index (κ3) is 5.80. The van der Waals surface area contributed by atoms with Crippen LogP contribution in [0.4, 0.5) is 0 Å². The summed E-state index contributed by atoms with van der Waals surface area (Å²) >= 11 is 0. The Kier molecular flexibility index (Phi) is 9.89. The molecular weight excluding hydrogens is 355 g/mol. The van der Waals surface area contributed by atoms with Crippen LogP contribution in [0, 0.1) is 6.92 Å². The quantitative estimate of drug-likeness (QED) is 0.749. The van der Waals surface area contributed by atoms with Crippen LogP contribution in [-0.4, -0.2) is 13.2 Å². The molecule has 0 spiro atoms. The fraction of sp³-hybridized carbons (Fsp3) is 0.250. The second-order valence-corrected chi connectivity index (χ2v) is 10.9. The molecule has 0 aliphatic rings. The maximum absolute atomic E-state index is 10.0. The van der Waals surface area contributed by atoms with Gasteiger partial charge in [-0.15, -0.1) is 24.8 Å². The fourth-order valence-corrected chi connectivity index (χ4v) is 3.22. The van der Waals surface area contributed by atoms with Crippen molar-refractivity contribution in [3.05, 3.63) is 48.0 Å². The number of phenols is 1. The van der Waals surface area contributed by atoms with E-state index < -0.39 is 8.07 Å². The summed E-state index contributed by atoms with van der Waals surface area (Å²) in [7, 11) is -1.31. The van der Waals surface area contributed by atoms with Crippen molar-refractivity contribution < 1.29 is 26.8 Å². The van der Waals surface area contributed by atoms with E-state index in [4.69, 9.17) is 0 Å². The van der Waals surface area contributed by atoms with Gasteiger partial charge in [0.25, 0.3) is 0 Å². The summed E-state index contributed by atoms with van der Waals surface area (Å²) in [5.41, 5.74) is 3.10. The van der Waals surface area contributed by atoms with Crippen LogP contribution in [0.1, 0.15) is 5.56 Å². The van der Waals surface area contributed by atoms with Gasteiger partial charge in [0, 0.05) is 27.3 Å². The van der Waals surface area contributed by atoms with Gasteiger partial charge < -0.3 is 5.11 Å². The van der Waals surface area contributed by atoms with E-state index in [0.717, 1.165) is 16.7 Å². The van der Waals surface area contributed by atoms with Crippen LogP contribution in [0.5, 0.6) is 5.75 Å². The molecule has 0 saturated carbocycles. The minimum atomic E-state index is -1.31. The van der Waals surface area contributed by atoms with Crippen molar-refractivity contribution in [3.8, 4) is 16.9 Å². The van der Waals surface area contributed by atoms with Crippen LogP contribution in [0.2, 0.25) is 19.6 Å². The number of rotatable bonds is 2. The predicted octanol–water partition coefficient (Wildman–Crippen LogP) is 4.75. The average Bonchev–Trinajstić information content (AvgIpc) is 2.28. The normalized spacial score (nSPS) is 9.90. The molecule has 0 fully saturated rings. The first-order valence-corrected chi connectivity index (χ1v) is 9.78. The minimum absolute atomic E-state index is 0. The number of aromatic hydroxyl groups is 1. The monoisotopic (exact) mass is 376 g/mol. The third-order valence-electron chi connectivity index (χ3n) is 3.19. The summed E-state index contributed by atoms with van der Waals surface area (Å²) in [5, 5.41) is 11.5. The van der Waals surface area contributed by atoms with Gasteiger partial charge in [0.05, 0.1) is 8.07 Å². The average molecular weight is 377 g/mol. The van der Waals surface area contributed by atoms with E-state index in [9.17, 15) is 5.11 Å². The Balaban J connectivity index is 0. The van der Waals surface area contributed by atoms with E-state index in [1.165, 1.54) is 5.19 Å². The first-order valence-electron chi connectivity index (χ1n) is 6.28. The molecule has 0 aromatic heterocycles. The van der Waals surface area contributed by atoms with Crippen molar-refractivity contribution >= 4 is 38.1 Å². The molecule has 2 aromatic carbocycles. The molecule has 2 aromatic rings. The molecule has 0 unspecified atom stereocenters. The van der Waals surface area contributed by atoms with E-state index >= 15 is 0 Å². The van der Waals surface area contributed by atoms with Crippen LogP contribution < -0.4 is 5.19 Å². The Labute approximate surface area is 155 Å². The van der Waals surface area contributed by atoms with Gasteiger partial charge in [0.2, 0.25) is 0 Å². The zero-order valence-corrected chi connectivity index (χ0v) is 17.0. The molecule has 0 saturated heterocycles. The second kappa shape index (κ2) is 9.02.